The normalized spacial score (nSPS) is 11.5. The Morgan fingerprint density at radius 3 is 2.20 bits per heavy atom. The van der Waals surface area contributed by atoms with Crippen molar-refractivity contribution < 1.29 is 0 Å². The van der Waals surface area contributed by atoms with Gasteiger partial charge in [0.25, 0.3) is 0 Å². The van der Waals surface area contributed by atoms with E-state index in [-0.39, 0.29) is 0 Å². The lowest BCUT2D eigenvalue weighted by atomic mass is 10.1. The summed E-state index contributed by atoms with van der Waals surface area (Å²) in [6.07, 6.45) is 0. The molecular formula is C15H13Cl3N2. The molecule has 0 aromatic heterocycles. The molecule has 20 heavy (non-hydrogen) atoms. The van der Waals surface area contributed by atoms with Crippen LogP contribution in [-0.4, -0.2) is 5.71 Å². The van der Waals surface area contributed by atoms with Crippen LogP contribution in [0.5, 0.6) is 0 Å². The van der Waals surface area contributed by atoms with Gasteiger partial charge in [-0.15, -0.1) is 0 Å². The number of halogens is 3. The fourth-order valence-corrected chi connectivity index (χ4v) is 2.35. The van der Waals surface area contributed by atoms with Gasteiger partial charge in [-0.2, -0.15) is 5.10 Å². The van der Waals surface area contributed by atoms with Crippen LogP contribution >= 0.6 is 34.8 Å². The summed E-state index contributed by atoms with van der Waals surface area (Å²) in [4.78, 5) is 0. The molecule has 0 bridgehead atoms. The van der Waals surface area contributed by atoms with Crippen LogP contribution in [0.4, 0.5) is 0 Å². The van der Waals surface area contributed by atoms with Gasteiger partial charge in [0.2, 0.25) is 0 Å². The van der Waals surface area contributed by atoms with Crippen molar-refractivity contribution in [3.63, 3.8) is 0 Å². The first-order valence-electron chi connectivity index (χ1n) is 6.04. The summed E-state index contributed by atoms with van der Waals surface area (Å²) in [5, 5.41) is 6.27. The smallest absolute Gasteiger partial charge is 0.0644 e. The van der Waals surface area contributed by atoms with Crippen LogP contribution in [0.3, 0.4) is 0 Å². The molecule has 104 valence electrons. The van der Waals surface area contributed by atoms with Crippen LogP contribution in [0.1, 0.15) is 18.1 Å². The highest BCUT2D eigenvalue weighted by Gasteiger charge is 2.04. The van der Waals surface area contributed by atoms with Gasteiger partial charge in [-0.05, 0) is 36.8 Å². The average molecular weight is 328 g/mol. The zero-order valence-corrected chi connectivity index (χ0v) is 13.1. The SMILES string of the molecule is C/C(=N/NCc1c(Cl)cccc1Cl)c1ccc(Cl)cc1. The van der Waals surface area contributed by atoms with Crippen molar-refractivity contribution in [3.8, 4) is 0 Å². The summed E-state index contributed by atoms with van der Waals surface area (Å²) in [6, 6.07) is 12.9. The van der Waals surface area contributed by atoms with Crippen molar-refractivity contribution in [2.75, 3.05) is 0 Å². The molecular weight excluding hydrogens is 315 g/mol. The van der Waals surface area contributed by atoms with E-state index in [1.807, 2.05) is 37.3 Å². The molecule has 0 aliphatic carbocycles. The van der Waals surface area contributed by atoms with Crippen molar-refractivity contribution in [3.05, 3.63) is 68.7 Å². The largest absolute Gasteiger partial charge is 0.305 e. The van der Waals surface area contributed by atoms with Gasteiger partial charge >= 0.3 is 0 Å². The Hall–Kier alpha value is -1.22. The van der Waals surface area contributed by atoms with E-state index in [1.54, 1.807) is 12.1 Å². The third kappa shape index (κ3) is 3.89. The van der Waals surface area contributed by atoms with Crippen LogP contribution in [-0.2, 0) is 6.54 Å². The predicted octanol–water partition coefficient (Wildman–Crippen LogP) is 5.16. The number of nitrogens with zero attached hydrogens (tertiary/aromatic N) is 1. The van der Waals surface area contributed by atoms with Gasteiger partial charge in [-0.25, -0.2) is 0 Å². The molecule has 2 aromatic carbocycles. The third-order valence-corrected chi connectivity index (χ3v) is 3.79. The molecule has 0 unspecified atom stereocenters. The van der Waals surface area contributed by atoms with Crippen molar-refractivity contribution in [1.29, 1.82) is 0 Å². The zero-order chi connectivity index (χ0) is 14.5. The molecule has 0 aliphatic rings. The van der Waals surface area contributed by atoms with E-state index in [0.29, 0.717) is 21.6 Å². The number of rotatable bonds is 4. The fraction of sp³-hybridized carbons (Fsp3) is 0.133. The van der Waals surface area contributed by atoms with Crippen LogP contribution in [0.2, 0.25) is 15.1 Å². The Labute approximate surface area is 133 Å². The van der Waals surface area contributed by atoms with Crippen molar-refractivity contribution in [2.24, 2.45) is 5.10 Å². The number of hydrazone groups is 1. The molecule has 5 heteroatoms. The van der Waals surface area contributed by atoms with Crippen molar-refractivity contribution in [1.82, 2.24) is 5.43 Å². The van der Waals surface area contributed by atoms with E-state index in [2.05, 4.69) is 10.5 Å². The number of nitrogens with one attached hydrogen (secondary N) is 1. The maximum atomic E-state index is 6.09. The van der Waals surface area contributed by atoms with Crippen LogP contribution < -0.4 is 5.43 Å². The number of hydrogen-bond donors (Lipinski definition) is 1. The van der Waals surface area contributed by atoms with E-state index in [4.69, 9.17) is 34.8 Å². The molecule has 2 nitrogen and oxygen atoms in total. The predicted molar refractivity (Wildman–Crippen MR) is 87.0 cm³/mol. The summed E-state index contributed by atoms with van der Waals surface area (Å²) < 4.78 is 0. The minimum Gasteiger partial charge on any atom is -0.305 e. The van der Waals surface area contributed by atoms with E-state index in [0.717, 1.165) is 16.8 Å². The van der Waals surface area contributed by atoms with Gasteiger partial charge in [-0.1, -0.05) is 53.0 Å². The van der Waals surface area contributed by atoms with Crippen LogP contribution in [0.25, 0.3) is 0 Å². The fourth-order valence-electron chi connectivity index (χ4n) is 1.69. The first-order chi connectivity index (χ1) is 9.58. The molecule has 0 radical (unpaired) electrons. The minimum absolute atomic E-state index is 0.476. The maximum Gasteiger partial charge on any atom is 0.0644 e. The molecule has 2 aromatic rings. The van der Waals surface area contributed by atoms with Gasteiger partial charge < -0.3 is 5.43 Å². The molecule has 2 rings (SSSR count). The third-order valence-electron chi connectivity index (χ3n) is 2.83. The van der Waals surface area contributed by atoms with E-state index < -0.39 is 0 Å². The average Bonchev–Trinajstić information content (AvgIpc) is 2.42. The summed E-state index contributed by atoms with van der Waals surface area (Å²) in [6.45, 7) is 2.40. The molecule has 0 saturated carbocycles. The lowest BCUT2D eigenvalue weighted by molar-refractivity contribution is 0.744. The summed E-state index contributed by atoms with van der Waals surface area (Å²) in [5.74, 6) is 0. The van der Waals surface area contributed by atoms with Gasteiger partial charge in [0.15, 0.2) is 0 Å². The van der Waals surface area contributed by atoms with Gasteiger partial charge in [-0.3, -0.25) is 0 Å². The highest BCUT2D eigenvalue weighted by atomic mass is 35.5. The lowest BCUT2D eigenvalue weighted by Crippen LogP contribution is -2.10. The highest BCUT2D eigenvalue weighted by molar-refractivity contribution is 6.36. The standard InChI is InChI=1S/C15H13Cl3N2/c1-10(11-5-7-12(16)8-6-11)20-19-9-13-14(17)3-2-4-15(13)18/h2-8,19H,9H2,1H3/b20-10-. The Bertz CT molecular complexity index is 601. The molecule has 0 fully saturated rings. The Morgan fingerprint density at radius 1 is 1.00 bits per heavy atom. The second-order valence-corrected chi connectivity index (χ2v) is 5.49. The van der Waals surface area contributed by atoms with Crippen molar-refractivity contribution in [2.45, 2.75) is 13.5 Å². The quantitative estimate of drug-likeness (QED) is 0.608. The molecule has 0 atom stereocenters. The molecule has 0 spiro atoms. The number of hydrogen-bond acceptors (Lipinski definition) is 2. The molecule has 0 aliphatic heterocycles. The molecule has 0 heterocycles. The van der Waals surface area contributed by atoms with Crippen LogP contribution in [0, 0.1) is 0 Å². The first-order valence-corrected chi connectivity index (χ1v) is 7.17. The first kappa shape index (κ1) is 15.2. The van der Waals surface area contributed by atoms with Gasteiger partial charge in [0, 0.05) is 20.6 Å². The van der Waals surface area contributed by atoms with Gasteiger partial charge in [0.05, 0.1) is 12.3 Å². The monoisotopic (exact) mass is 326 g/mol. The summed E-state index contributed by atoms with van der Waals surface area (Å²) >= 11 is 18.0. The van der Waals surface area contributed by atoms with Crippen LogP contribution in [0.15, 0.2) is 47.6 Å². The Balaban J connectivity index is 2.04. The van der Waals surface area contributed by atoms with E-state index in [1.165, 1.54) is 0 Å². The lowest BCUT2D eigenvalue weighted by Gasteiger charge is -2.07. The minimum atomic E-state index is 0.476. The summed E-state index contributed by atoms with van der Waals surface area (Å²) in [5.41, 5.74) is 5.69. The topological polar surface area (TPSA) is 24.4 Å². The molecule has 0 saturated heterocycles. The van der Waals surface area contributed by atoms with E-state index in [9.17, 15) is 0 Å². The second-order valence-electron chi connectivity index (χ2n) is 4.24. The Kier molecular flexibility index (Phi) is 5.30. The number of benzene rings is 2. The van der Waals surface area contributed by atoms with Gasteiger partial charge in [0.1, 0.15) is 0 Å². The molecule has 1 N–H and O–H groups in total. The zero-order valence-electron chi connectivity index (χ0n) is 10.8. The maximum absolute atomic E-state index is 6.09. The summed E-state index contributed by atoms with van der Waals surface area (Å²) in [7, 11) is 0. The second kappa shape index (κ2) is 6.98. The Morgan fingerprint density at radius 2 is 1.60 bits per heavy atom. The molecule has 0 amide bonds. The van der Waals surface area contributed by atoms with E-state index >= 15 is 0 Å². The highest BCUT2D eigenvalue weighted by Crippen LogP contribution is 2.23. The van der Waals surface area contributed by atoms with Crippen molar-refractivity contribution >= 4 is 40.5 Å².